The van der Waals surface area contributed by atoms with Gasteiger partial charge in [-0.3, -0.25) is 0 Å². The summed E-state index contributed by atoms with van der Waals surface area (Å²) >= 11 is 0. The van der Waals surface area contributed by atoms with Crippen LogP contribution in [0.3, 0.4) is 0 Å². The lowest BCUT2D eigenvalue weighted by atomic mass is 9.90. The normalized spacial score (nSPS) is 14.4. The van der Waals surface area contributed by atoms with Crippen molar-refractivity contribution in [3.63, 3.8) is 0 Å². The van der Waals surface area contributed by atoms with Gasteiger partial charge < -0.3 is 9.15 Å². The van der Waals surface area contributed by atoms with Crippen molar-refractivity contribution in [3.05, 3.63) is 95.5 Å². The molecule has 0 unspecified atom stereocenters. The van der Waals surface area contributed by atoms with Crippen LogP contribution in [-0.2, 0) is 11.8 Å². The fourth-order valence-corrected chi connectivity index (χ4v) is 5.41. The molecular formula is C31H27N2O2+. The number of hydrogen-bond acceptors (Lipinski definition) is 2. The molecule has 1 saturated heterocycles. The fraction of sp³-hybridized carbons (Fsp3) is 0.226. The zero-order valence-corrected chi connectivity index (χ0v) is 20.0. The smallest absolute Gasteiger partial charge is 0.216 e. The van der Waals surface area contributed by atoms with Gasteiger partial charge in [0.1, 0.15) is 18.2 Å². The molecule has 5 aromatic rings. The van der Waals surface area contributed by atoms with Crippen LogP contribution >= 0.6 is 0 Å². The monoisotopic (exact) mass is 459 g/mol. The molecule has 0 radical (unpaired) electrons. The maximum Gasteiger partial charge on any atom is 0.216 e. The largest absolute Gasteiger partial charge is 0.456 e. The second kappa shape index (κ2) is 8.69. The highest BCUT2D eigenvalue weighted by molar-refractivity contribution is 6.18. The van der Waals surface area contributed by atoms with Gasteiger partial charge in [-0.05, 0) is 48.4 Å². The van der Waals surface area contributed by atoms with E-state index in [9.17, 15) is 0 Å². The van der Waals surface area contributed by atoms with E-state index in [1.54, 1.807) is 0 Å². The third-order valence-corrected chi connectivity index (χ3v) is 7.32. The maximum atomic E-state index is 7.82. The molecule has 35 heavy (non-hydrogen) atoms. The van der Waals surface area contributed by atoms with E-state index in [0.717, 1.165) is 75.9 Å². The molecule has 0 amide bonds. The van der Waals surface area contributed by atoms with E-state index in [4.69, 9.17) is 15.7 Å². The van der Waals surface area contributed by atoms with Crippen molar-refractivity contribution in [2.45, 2.75) is 25.7 Å². The molecular weight excluding hydrogens is 432 g/mol. The number of aromatic nitrogens is 1. The molecule has 172 valence electrons. The summed E-state index contributed by atoms with van der Waals surface area (Å²) in [6, 6.07) is 23.2. The van der Waals surface area contributed by atoms with Gasteiger partial charge in [-0.25, -0.2) is 9.41 Å². The number of nitrogens with zero attached hydrogens (tertiary/aromatic N) is 2. The molecule has 1 aliphatic heterocycles. The van der Waals surface area contributed by atoms with Crippen molar-refractivity contribution in [1.29, 1.82) is 0 Å². The van der Waals surface area contributed by atoms with Gasteiger partial charge in [-0.2, -0.15) is 0 Å². The molecule has 1 aliphatic rings. The summed E-state index contributed by atoms with van der Waals surface area (Å²) in [5.74, 6) is 0.561. The molecule has 0 bridgehead atoms. The van der Waals surface area contributed by atoms with Crippen molar-refractivity contribution < 1.29 is 13.7 Å². The lowest BCUT2D eigenvalue weighted by Crippen LogP contribution is -2.30. The predicted octanol–water partition coefficient (Wildman–Crippen LogP) is 7.50. The van der Waals surface area contributed by atoms with Crippen molar-refractivity contribution >= 4 is 27.6 Å². The van der Waals surface area contributed by atoms with Crippen LogP contribution in [0.5, 0.6) is 0 Å². The van der Waals surface area contributed by atoms with Crippen molar-refractivity contribution in [1.82, 2.24) is 0 Å². The Morgan fingerprint density at radius 2 is 1.71 bits per heavy atom. The van der Waals surface area contributed by atoms with E-state index in [1.165, 1.54) is 5.56 Å². The van der Waals surface area contributed by atoms with E-state index in [2.05, 4.69) is 58.8 Å². The van der Waals surface area contributed by atoms with E-state index in [0.29, 0.717) is 11.6 Å². The molecule has 0 atom stereocenters. The number of rotatable bonds is 3. The van der Waals surface area contributed by atoms with Gasteiger partial charge >= 0.3 is 0 Å². The molecule has 4 heteroatoms. The quantitative estimate of drug-likeness (QED) is 0.207. The first kappa shape index (κ1) is 21.6. The summed E-state index contributed by atoms with van der Waals surface area (Å²) in [6.45, 7) is 11.6. The Balaban J connectivity index is 1.56. The molecule has 0 spiro atoms. The molecule has 0 N–H and O–H groups in total. The number of fused-ring (bicyclic) bond motifs is 3. The molecule has 0 aliphatic carbocycles. The highest BCUT2D eigenvalue weighted by Crippen LogP contribution is 2.44. The van der Waals surface area contributed by atoms with Gasteiger partial charge in [0.25, 0.3) is 0 Å². The SMILES string of the molecule is [C-]#[N+]c1ccc(-c2ccc(C3CCOCC3)cc2)c2oc3c(-c4cccc[n+]4C)c(C)ccc3c12. The average Bonchev–Trinajstić information content (AvgIpc) is 3.29. The molecule has 4 nitrogen and oxygen atoms in total. The highest BCUT2D eigenvalue weighted by atomic mass is 16.5. The molecule has 3 heterocycles. The van der Waals surface area contributed by atoms with E-state index >= 15 is 0 Å². The van der Waals surface area contributed by atoms with Crippen LogP contribution in [0, 0.1) is 13.5 Å². The van der Waals surface area contributed by atoms with Gasteiger partial charge in [0, 0.05) is 41.7 Å². The summed E-state index contributed by atoms with van der Waals surface area (Å²) in [6.07, 6.45) is 4.20. The van der Waals surface area contributed by atoms with Crippen LogP contribution in [0.4, 0.5) is 5.69 Å². The minimum atomic E-state index is 0.561. The number of furan rings is 1. The number of ether oxygens (including phenoxy) is 1. The summed E-state index contributed by atoms with van der Waals surface area (Å²) in [4.78, 5) is 3.85. The van der Waals surface area contributed by atoms with Gasteiger partial charge in [0.2, 0.25) is 5.69 Å². The first-order chi connectivity index (χ1) is 17.2. The third-order valence-electron chi connectivity index (χ3n) is 7.32. The van der Waals surface area contributed by atoms with Crippen LogP contribution < -0.4 is 4.57 Å². The topological polar surface area (TPSA) is 30.6 Å². The summed E-state index contributed by atoms with van der Waals surface area (Å²) < 4.78 is 14.3. The summed E-state index contributed by atoms with van der Waals surface area (Å²) in [7, 11) is 2.05. The van der Waals surface area contributed by atoms with Crippen molar-refractivity contribution in [2.24, 2.45) is 7.05 Å². The minimum absolute atomic E-state index is 0.561. The maximum absolute atomic E-state index is 7.82. The molecule has 2 aromatic heterocycles. The van der Waals surface area contributed by atoms with Crippen LogP contribution in [0.15, 0.2) is 77.3 Å². The lowest BCUT2D eigenvalue weighted by molar-refractivity contribution is -0.660. The number of pyridine rings is 1. The van der Waals surface area contributed by atoms with Crippen molar-refractivity contribution in [3.8, 4) is 22.4 Å². The Morgan fingerprint density at radius 1 is 0.914 bits per heavy atom. The second-order valence-corrected chi connectivity index (χ2v) is 9.39. The Morgan fingerprint density at radius 3 is 2.46 bits per heavy atom. The zero-order valence-electron chi connectivity index (χ0n) is 20.0. The first-order valence-electron chi connectivity index (χ1n) is 12.1. The molecule has 1 fully saturated rings. The number of benzene rings is 3. The Bertz CT molecular complexity index is 1600. The molecule has 3 aromatic carbocycles. The van der Waals surface area contributed by atoms with Gasteiger partial charge in [0.15, 0.2) is 11.9 Å². The number of hydrogen-bond donors (Lipinski definition) is 0. The van der Waals surface area contributed by atoms with Crippen LogP contribution in [0.1, 0.15) is 29.9 Å². The Hall–Kier alpha value is -3.94. The van der Waals surface area contributed by atoms with Gasteiger partial charge in [0.05, 0.1) is 12.1 Å². The van der Waals surface area contributed by atoms with Gasteiger partial charge in [-0.15, -0.1) is 0 Å². The fourth-order valence-electron chi connectivity index (χ4n) is 5.41. The summed E-state index contributed by atoms with van der Waals surface area (Å²) in [5.41, 5.74) is 9.01. The zero-order chi connectivity index (χ0) is 23.9. The van der Waals surface area contributed by atoms with Crippen LogP contribution in [0.25, 0.3) is 49.2 Å². The minimum Gasteiger partial charge on any atom is -0.456 e. The van der Waals surface area contributed by atoms with Crippen molar-refractivity contribution in [2.75, 3.05) is 13.2 Å². The summed E-state index contributed by atoms with van der Waals surface area (Å²) in [5, 5.41) is 1.87. The lowest BCUT2D eigenvalue weighted by Gasteiger charge is -2.22. The third kappa shape index (κ3) is 3.60. The van der Waals surface area contributed by atoms with Gasteiger partial charge in [-0.1, -0.05) is 48.5 Å². The standard InChI is InChI=1S/C31H27N2O2/c1-20-7-12-25-29-26(32-2)14-13-24(23-10-8-21(9-11-23)22-15-18-34-19-16-22)30(29)35-31(25)28(20)27-6-4-5-17-33(27)3/h4-14,17,22H,15-16,18-19H2,1,3H3/q+1. The second-order valence-electron chi connectivity index (χ2n) is 9.39. The molecule has 0 saturated carbocycles. The van der Waals surface area contributed by atoms with Crippen LogP contribution in [-0.4, -0.2) is 13.2 Å². The Kier molecular flexibility index (Phi) is 5.36. The first-order valence-corrected chi connectivity index (χ1v) is 12.1. The predicted molar refractivity (Wildman–Crippen MR) is 140 cm³/mol. The van der Waals surface area contributed by atoms with E-state index in [1.807, 2.05) is 37.5 Å². The Labute approximate surface area is 205 Å². The van der Waals surface area contributed by atoms with E-state index < -0.39 is 0 Å². The highest BCUT2D eigenvalue weighted by Gasteiger charge is 2.23. The van der Waals surface area contributed by atoms with E-state index in [-0.39, 0.29) is 0 Å². The molecule has 6 rings (SSSR count). The average molecular weight is 460 g/mol. The number of aryl methyl sites for hydroxylation is 2. The van der Waals surface area contributed by atoms with Crippen LogP contribution in [0.2, 0.25) is 0 Å².